The van der Waals surface area contributed by atoms with E-state index in [0.717, 1.165) is 23.7 Å². The summed E-state index contributed by atoms with van der Waals surface area (Å²) in [6.45, 7) is 0. The smallest absolute Gasteiger partial charge is 0.345 e. The molecule has 0 saturated heterocycles. The van der Waals surface area contributed by atoms with E-state index >= 15 is 0 Å². The average molecular weight is 356 g/mol. The van der Waals surface area contributed by atoms with Gasteiger partial charge in [-0.2, -0.15) is 0 Å². The Morgan fingerprint density at radius 1 is 0.870 bits per heavy atom. The van der Waals surface area contributed by atoms with Crippen molar-refractivity contribution in [2.24, 2.45) is 29.4 Å². The number of amides is 4. The van der Waals surface area contributed by atoms with Gasteiger partial charge in [0.05, 0.1) is 0 Å². The Morgan fingerprint density at radius 3 is 1.74 bits per heavy atom. The maximum absolute atomic E-state index is 12.4. The van der Waals surface area contributed by atoms with Gasteiger partial charge in [-0.15, -0.1) is 0 Å². The monoisotopic (exact) mass is 355 g/mol. The van der Waals surface area contributed by atoms with Gasteiger partial charge in [0, 0.05) is 10.5 Å². The summed E-state index contributed by atoms with van der Waals surface area (Å²) in [5.41, 5.74) is 5.15. The van der Waals surface area contributed by atoms with Crippen molar-refractivity contribution in [2.45, 2.75) is 61.9 Å². The number of nitrogens with two attached hydrogens (primary N) is 1. The Hall–Kier alpha value is -0.560. The molecule has 0 aromatic heterocycles. The first-order chi connectivity index (χ1) is 11.1. The largest absolute Gasteiger partial charge is 0.351 e. The SMILES string of the molecule is NC(=O)NC(=O)N(SC1CC2CCC1C2)SC1CC2CCC1C2. The number of fused-ring (bicyclic) bond motifs is 4. The Kier molecular flexibility index (Phi) is 4.43. The van der Waals surface area contributed by atoms with Crippen LogP contribution < -0.4 is 11.1 Å². The van der Waals surface area contributed by atoms with Gasteiger partial charge in [-0.05, 0) is 86.1 Å². The lowest BCUT2D eigenvalue weighted by Crippen LogP contribution is -2.41. The molecule has 4 fully saturated rings. The molecule has 4 aliphatic rings. The van der Waals surface area contributed by atoms with Crippen LogP contribution in [0.5, 0.6) is 0 Å². The quantitative estimate of drug-likeness (QED) is 0.753. The van der Waals surface area contributed by atoms with E-state index in [2.05, 4.69) is 5.32 Å². The molecule has 0 heterocycles. The lowest BCUT2D eigenvalue weighted by atomic mass is 10.0. The zero-order chi connectivity index (χ0) is 16.0. The second-order valence-electron chi connectivity index (χ2n) is 7.69. The van der Waals surface area contributed by atoms with Gasteiger partial charge in [0.25, 0.3) is 0 Å². The van der Waals surface area contributed by atoms with Crippen LogP contribution in [-0.4, -0.2) is 26.3 Å². The van der Waals surface area contributed by atoms with Crippen molar-refractivity contribution in [3.05, 3.63) is 0 Å². The van der Waals surface area contributed by atoms with Crippen LogP contribution in [-0.2, 0) is 0 Å². The third-order valence-corrected chi connectivity index (χ3v) is 9.13. The maximum Gasteiger partial charge on any atom is 0.345 e. The molecule has 4 amide bonds. The minimum atomic E-state index is -0.762. The summed E-state index contributed by atoms with van der Waals surface area (Å²) < 4.78 is 1.75. The molecule has 0 aromatic carbocycles. The average Bonchev–Trinajstić information content (AvgIpc) is 3.26. The molecule has 0 radical (unpaired) electrons. The predicted octanol–water partition coefficient (Wildman–Crippen LogP) is 3.75. The highest BCUT2D eigenvalue weighted by molar-refractivity contribution is 8.13. The van der Waals surface area contributed by atoms with Crippen LogP contribution in [0.15, 0.2) is 0 Å². The Labute approximate surface area is 146 Å². The summed E-state index contributed by atoms with van der Waals surface area (Å²) in [5.74, 6) is 3.20. The molecule has 128 valence electrons. The summed E-state index contributed by atoms with van der Waals surface area (Å²) in [4.78, 5) is 23.5. The fourth-order valence-electron chi connectivity index (χ4n) is 5.15. The first kappa shape index (κ1) is 15.9. The van der Waals surface area contributed by atoms with Crippen LogP contribution in [0.2, 0.25) is 0 Å². The number of hydrogen-bond acceptors (Lipinski definition) is 4. The number of rotatable bonds is 4. The van der Waals surface area contributed by atoms with E-state index in [9.17, 15) is 9.59 Å². The van der Waals surface area contributed by atoms with E-state index in [1.54, 1.807) is 27.6 Å². The van der Waals surface area contributed by atoms with E-state index in [1.807, 2.05) is 0 Å². The normalized spacial score (nSPS) is 40.5. The molecule has 4 aliphatic carbocycles. The maximum atomic E-state index is 12.4. The fourth-order valence-corrected chi connectivity index (χ4v) is 8.34. The molecule has 0 spiro atoms. The third-order valence-electron chi connectivity index (χ3n) is 6.20. The van der Waals surface area contributed by atoms with Gasteiger partial charge in [0.15, 0.2) is 0 Å². The molecule has 6 unspecified atom stereocenters. The summed E-state index contributed by atoms with van der Waals surface area (Å²) >= 11 is 3.31. The standard InChI is InChI=1S/C16H25N3O2S2/c17-15(20)18-16(21)19(22-13-7-9-1-3-11(13)5-9)23-14-8-10-2-4-12(14)6-10/h9-14H,1-8H2,(H3,17,18,20,21). The van der Waals surface area contributed by atoms with Crippen molar-refractivity contribution in [3.8, 4) is 0 Å². The summed E-state index contributed by atoms with van der Waals surface area (Å²) in [5, 5.41) is 3.32. The highest BCUT2D eigenvalue weighted by atomic mass is 32.2. The highest BCUT2D eigenvalue weighted by Crippen LogP contribution is 2.54. The van der Waals surface area contributed by atoms with Crippen LogP contribution in [0.4, 0.5) is 9.59 Å². The summed E-state index contributed by atoms with van der Waals surface area (Å²) in [7, 11) is 0. The molecule has 23 heavy (non-hydrogen) atoms. The number of nitrogens with zero attached hydrogens (tertiary/aromatic N) is 1. The molecular formula is C16H25N3O2S2. The molecule has 5 nitrogen and oxygen atoms in total. The van der Waals surface area contributed by atoms with Crippen molar-refractivity contribution in [1.29, 1.82) is 0 Å². The van der Waals surface area contributed by atoms with Gasteiger partial charge in [0.1, 0.15) is 0 Å². The molecule has 0 aromatic rings. The molecule has 0 aliphatic heterocycles. The van der Waals surface area contributed by atoms with Crippen LogP contribution in [0, 0.1) is 23.7 Å². The predicted molar refractivity (Wildman–Crippen MR) is 93.6 cm³/mol. The number of hydrogen-bond donors (Lipinski definition) is 2. The zero-order valence-corrected chi connectivity index (χ0v) is 14.9. The lowest BCUT2D eigenvalue weighted by Gasteiger charge is -2.31. The van der Waals surface area contributed by atoms with Crippen molar-refractivity contribution >= 4 is 36.0 Å². The Morgan fingerprint density at radius 2 is 1.39 bits per heavy atom. The number of nitrogens with one attached hydrogen (secondary N) is 1. The van der Waals surface area contributed by atoms with Crippen molar-refractivity contribution in [1.82, 2.24) is 9.03 Å². The van der Waals surface area contributed by atoms with Gasteiger partial charge in [-0.1, -0.05) is 12.8 Å². The van der Waals surface area contributed by atoms with Gasteiger partial charge >= 0.3 is 12.1 Å². The minimum absolute atomic E-state index is 0.349. The van der Waals surface area contributed by atoms with Crippen LogP contribution in [0.25, 0.3) is 0 Å². The topological polar surface area (TPSA) is 75.4 Å². The van der Waals surface area contributed by atoms with Crippen molar-refractivity contribution in [2.75, 3.05) is 0 Å². The third kappa shape index (κ3) is 3.31. The van der Waals surface area contributed by atoms with E-state index < -0.39 is 6.03 Å². The first-order valence-electron chi connectivity index (χ1n) is 8.82. The van der Waals surface area contributed by atoms with E-state index in [-0.39, 0.29) is 6.03 Å². The highest BCUT2D eigenvalue weighted by Gasteiger charge is 2.44. The van der Waals surface area contributed by atoms with Gasteiger partial charge < -0.3 is 5.73 Å². The van der Waals surface area contributed by atoms with E-state index in [4.69, 9.17) is 5.73 Å². The molecule has 6 atom stereocenters. The summed E-state index contributed by atoms with van der Waals surface area (Å²) in [6, 6.07) is -1.11. The fraction of sp³-hybridized carbons (Fsp3) is 0.875. The van der Waals surface area contributed by atoms with E-state index in [0.29, 0.717) is 10.5 Å². The number of carbonyl (C=O) groups excluding carboxylic acids is 2. The second-order valence-corrected chi connectivity index (χ2v) is 10.3. The number of carbonyl (C=O) groups is 2. The number of imide groups is 1. The molecular weight excluding hydrogens is 330 g/mol. The molecule has 4 rings (SSSR count). The van der Waals surface area contributed by atoms with Crippen LogP contribution in [0.1, 0.15) is 51.4 Å². The number of urea groups is 2. The molecule has 7 heteroatoms. The molecule has 3 N–H and O–H groups in total. The Balaban J connectivity index is 1.40. The van der Waals surface area contributed by atoms with Crippen molar-refractivity contribution < 1.29 is 9.59 Å². The van der Waals surface area contributed by atoms with E-state index in [1.165, 1.54) is 51.4 Å². The second kappa shape index (κ2) is 6.39. The molecule has 4 bridgehead atoms. The van der Waals surface area contributed by atoms with Gasteiger partial charge in [-0.25, -0.2) is 13.3 Å². The first-order valence-corrected chi connectivity index (χ1v) is 10.5. The van der Waals surface area contributed by atoms with Crippen LogP contribution >= 0.6 is 23.9 Å². The summed E-state index contributed by atoms with van der Waals surface area (Å²) in [6.07, 6.45) is 10.4. The minimum Gasteiger partial charge on any atom is -0.351 e. The Bertz CT molecular complexity index is 474. The molecule has 4 saturated carbocycles. The van der Waals surface area contributed by atoms with Crippen molar-refractivity contribution in [3.63, 3.8) is 0 Å². The van der Waals surface area contributed by atoms with Crippen LogP contribution in [0.3, 0.4) is 0 Å². The number of primary amides is 1. The van der Waals surface area contributed by atoms with Gasteiger partial charge in [-0.3, -0.25) is 5.32 Å². The lowest BCUT2D eigenvalue weighted by molar-refractivity contribution is 0.229. The van der Waals surface area contributed by atoms with Gasteiger partial charge in [0.2, 0.25) is 0 Å². The zero-order valence-electron chi connectivity index (χ0n) is 13.3.